The van der Waals surface area contributed by atoms with Gasteiger partial charge in [-0.3, -0.25) is 25.3 Å². The van der Waals surface area contributed by atoms with Gasteiger partial charge in [0.15, 0.2) is 6.61 Å². The SMILES string of the molecule is O=C(CCN1CCN(c2ccccc2)CC1)NNC(=O)COc1cccc(C(F)(F)F)c1. The Morgan fingerprint density at radius 1 is 0.906 bits per heavy atom. The lowest BCUT2D eigenvalue weighted by molar-refractivity contribution is -0.137. The van der Waals surface area contributed by atoms with Crippen LogP contribution in [0.25, 0.3) is 0 Å². The predicted octanol–water partition coefficient (Wildman–Crippen LogP) is 2.44. The quantitative estimate of drug-likeness (QED) is 0.634. The Morgan fingerprint density at radius 2 is 1.59 bits per heavy atom. The van der Waals surface area contributed by atoms with E-state index in [1.54, 1.807) is 0 Å². The molecule has 2 N–H and O–H groups in total. The molecule has 0 aliphatic carbocycles. The van der Waals surface area contributed by atoms with Crippen molar-refractivity contribution in [2.24, 2.45) is 0 Å². The molecule has 32 heavy (non-hydrogen) atoms. The van der Waals surface area contributed by atoms with Crippen molar-refractivity contribution in [2.75, 3.05) is 44.2 Å². The van der Waals surface area contributed by atoms with Gasteiger partial charge in [0, 0.05) is 44.8 Å². The van der Waals surface area contributed by atoms with Crippen LogP contribution in [0.3, 0.4) is 0 Å². The van der Waals surface area contributed by atoms with Gasteiger partial charge >= 0.3 is 6.18 Å². The highest BCUT2D eigenvalue weighted by Gasteiger charge is 2.30. The van der Waals surface area contributed by atoms with Crippen molar-refractivity contribution in [3.8, 4) is 5.75 Å². The number of piperazine rings is 1. The second kappa shape index (κ2) is 10.9. The number of ether oxygens (including phenoxy) is 1. The highest BCUT2D eigenvalue weighted by Crippen LogP contribution is 2.31. The highest BCUT2D eigenvalue weighted by molar-refractivity contribution is 5.82. The Bertz CT molecular complexity index is 901. The second-order valence-electron chi connectivity index (χ2n) is 7.32. The maximum Gasteiger partial charge on any atom is 0.416 e. The van der Waals surface area contributed by atoms with E-state index in [2.05, 4.69) is 32.8 Å². The van der Waals surface area contributed by atoms with Crippen LogP contribution in [0.1, 0.15) is 12.0 Å². The zero-order valence-electron chi connectivity index (χ0n) is 17.4. The van der Waals surface area contributed by atoms with Gasteiger partial charge in [0.1, 0.15) is 5.75 Å². The van der Waals surface area contributed by atoms with E-state index in [0.29, 0.717) is 6.54 Å². The molecule has 0 radical (unpaired) electrons. The molecule has 0 bridgehead atoms. The van der Waals surface area contributed by atoms with E-state index >= 15 is 0 Å². The maximum absolute atomic E-state index is 12.7. The van der Waals surface area contributed by atoms with Crippen LogP contribution in [0, 0.1) is 0 Å². The molecule has 1 fully saturated rings. The fourth-order valence-corrected chi connectivity index (χ4v) is 3.28. The van der Waals surface area contributed by atoms with Crippen LogP contribution in [0.15, 0.2) is 54.6 Å². The third kappa shape index (κ3) is 7.16. The Hall–Kier alpha value is -3.27. The van der Waals surface area contributed by atoms with E-state index in [0.717, 1.165) is 38.3 Å². The first-order chi connectivity index (χ1) is 15.3. The third-order valence-corrected chi connectivity index (χ3v) is 5.02. The maximum atomic E-state index is 12.7. The van der Waals surface area contributed by atoms with E-state index in [1.807, 2.05) is 18.2 Å². The molecule has 1 aliphatic heterocycles. The molecule has 1 saturated heterocycles. The van der Waals surface area contributed by atoms with Gasteiger partial charge in [-0.05, 0) is 30.3 Å². The molecule has 0 saturated carbocycles. The van der Waals surface area contributed by atoms with E-state index in [-0.39, 0.29) is 18.1 Å². The number of carbonyl (C=O) groups excluding carboxylic acids is 2. The van der Waals surface area contributed by atoms with Gasteiger partial charge in [0.25, 0.3) is 5.91 Å². The number of hydrazine groups is 1. The summed E-state index contributed by atoms with van der Waals surface area (Å²) in [4.78, 5) is 28.2. The standard InChI is InChI=1S/C22H25F3N4O3/c23-22(24,25)17-5-4-8-19(15-17)32-16-21(31)27-26-20(30)9-10-28-11-13-29(14-12-28)18-6-2-1-3-7-18/h1-8,15H,9-14,16H2,(H,26,30)(H,27,31). The van der Waals surface area contributed by atoms with Crippen LogP contribution in [-0.2, 0) is 15.8 Å². The van der Waals surface area contributed by atoms with Crippen LogP contribution in [0.5, 0.6) is 5.75 Å². The summed E-state index contributed by atoms with van der Waals surface area (Å²) < 4.78 is 43.1. The summed E-state index contributed by atoms with van der Waals surface area (Å²) >= 11 is 0. The number of benzene rings is 2. The fourth-order valence-electron chi connectivity index (χ4n) is 3.28. The Balaban J connectivity index is 1.31. The number of carbonyl (C=O) groups is 2. The van der Waals surface area contributed by atoms with Crippen molar-refractivity contribution in [1.29, 1.82) is 0 Å². The lowest BCUT2D eigenvalue weighted by atomic mass is 10.2. The summed E-state index contributed by atoms with van der Waals surface area (Å²) in [7, 11) is 0. The monoisotopic (exact) mass is 450 g/mol. The molecule has 10 heteroatoms. The van der Waals surface area contributed by atoms with Crippen molar-refractivity contribution >= 4 is 17.5 Å². The van der Waals surface area contributed by atoms with Crippen LogP contribution < -0.4 is 20.5 Å². The van der Waals surface area contributed by atoms with Gasteiger partial charge in [-0.1, -0.05) is 24.3 Å². The molecule has 0 spiro atoms. The molecule has 1 aliphatic rings. The first-order valence-corrected chi connectivity index (χ1v) is 10.2. The zero-order chi connectivity index (χ0) is 23.0. The van der Waals surface area contributed by atoms with E-state index in [1.165, 1.54) is 17.8 Å². The molecule has 2 aromatic carbocycles. The molecular weight excluding hydrogens is 425 g/mol. The Labute approximate surface area is 184 Å². The molecule has 2 aromatic rings. The van der Waals surface area contributed by atoms with Crippen molar-refractivity contribution in [2.45, 2.75) is 12.6 Å². The highest BCUT2D eigenvalue weighted by atomic mass is 19.4. The summed E-state index contributed by atoms with van der Waals surface area (Å²) in [5, 5.41) is 0. The summed E-state index contributed by atoms with van der Waals surface area (Å²) in [6.45, 7) is 3.44. The van der Waals surface area contributed by atoms with Crippen LogP contribution in [0.2, 0.25) is 0 Å². The molecule has 0 aromatic heterocycles. The van der Waals surface area contributed by atoms with Gasteiger partial charge in [0.05, 0.1) is 5.56 Å². The number of anilines is 1. The van der Waals surface area contributed by atoms with Crippen LogP contribution >= 0.6 is 0 Å². The number of nitrogens with zero attached hydrogens (tertiary/aromatic N) is 2. The number of amides is 2. The number of para-hydroxylation sites is 1. The lowest BCUT2D eigenvalue weighted by Gasteiger charge is -2.36. The van der Waals surface area contributed by atoms with Crippen molar-refractivity contribution in [3.05, 3.63) is 60.2 Å². The summed E-state index contributed by atoms with van der Waals surface area (Å²) in [5.74, 6) is -1.12. The van der Waals surface area contributed by atoms with Crippen molar-refractivity contribution in [1.82, 2.24) is 15.8 Å². The van der Waals surface area contributed by atoms with Crippen molar-refractivity contribution < 1.29 is 27.5 Å². The largest absolute Gasteiger partial charge is 0.484 e. The number of nitrogens with one attached hydrogen (secondary N) is 2. The molecule has 3 rings (SSSR count). The number of halogens is 3. The molecule has 172 valence electrons. The first kappa shape index (κ1) is 23.4. The smallest absolute Gasteiger partial charge is 0.416 e. The van der Waals surface area contributed by atoms with Gasteiger partial charge in [0.2, 0.25) is 5.91 Å². The molecule has 0 unspecified atom stereocenters. The van der Waals surface area contributed by atoms with E-state index in [4.69, 9.17) is 4.74 Å². The summed E-state index contributed by atoms with van der Waals surface area (Å²) in [6.07, 6.45) is -4.29. The van der Waals surface area contributed by atoms with Gasteiger partial charge < -0.3 is 9.64 Å². The topological polar surface area (TPSA) is 73.9 Å². The minimum atomic E-state index is -4.50. The third-order valence-electron chi connectivity index (χ3n) is 5.02. The average molecular weight is 450 g/mol. The number of rotatable bonds is 7. The molecule has 1 heterocycles. The second-order valence-corrected chi connectivity index (χ2v) is 7.32. The molecule has 2 amide bonds. The Morgan fingerprint density at radius 3 is 2.28 bits per heavy atom. The van der Waals surface area contributed by atoms with Gasteiger partial charge in [-0.25, -0.2) is 0 Å². The minimum absolute atomic E-state index is 0.0871. The molecule has 7 nitrogen and oxygen atoms in total. The van der Waals surface area contributed by atoms with Crippen LogP contribution in [-0.4, -0.2) is 56.0 Å². The van der Waals surface area contributed by atoms with Crippen molar-refractivity contribution in [3.63, 3.8) is 0 Å². The average Bonchev–Trinajstić information content (AvgIpc) is 2.80. The van der Waals surface area contributed by atoms with E-state index in [9.17, 15) is 22.8 Å². The van der Waals surface area contributed by atoms with Gasteiger partial charge in [-0.15, -0.1) is 0 Å². The zero-order valence-corrected chi connectivity index (χ0v) is 17.4. The number of alkyl halides is 3. The van der Waals surface area contributed by atoms with Gasteiger partial charge in [-0.2, -0.15) is 13.2 Å². The predicted molar refractivity (Wildman–Crippen MR) is 113 cm³/mol. The van der Waals surface area contributed by atoms with E-state index < -0.39 is 24.3 Å². The fraction of sp³-hybridized carbons (Fsp3) is 0.364. The summed E-state index contributed by atoms with van der Waals surface area (Å²) in [6, 6.07) is 14.4. The molecule has 0 atom stereocenters. The summed E-state index contributed by atoms with van der Waals surface area (Å²) in [5.41, 5.74) is 4.81. The Kier molecular flexibility index (Phi) is 7.93. The minimum Gasteiger partial charge on any atom is -0.484 e. The van der Waals surface area contributed by atoms with Crippen LogP contribution in [0.4, 0.5) is 18.9 Å². The normalized spacial score (nSPS) is 14.7. The number of hydrogen-bond donors (Lipinski definition) is 2. The molecular formula is C22H25F3N4O3. The lowest BCUT2D eigenvalue weighted by Crippen LogP contribution is -2.48. The number of hydrogen-bond acceptors (Lipinski definition) is 5. The first-order valence-electron chi connectivity index (χ1n) is 10.2.